The Morgan fingerprint density at radius 1 is 1.26 bits per heavy atom. The Hall–Kier alpha value is -2.29. The number of aromatic nitrogens is 2. The fraction of sp³-hybridized carbons (Fsp3) is 0.474. The fourth-order valence-corrected chi connectivity index (χ4v) is 3.65. The van der Waals surface area contributed by atoms with Crippen molar-refractivity contribution in [3.8, 4) is 0 Å². The Labute approximate surface area is 157 Å². The highest BCUT2D eigenvalue weighted by molar-refractivity contribution is 5.94. The summed E-state index contributed by atoms with van der Waals surface area (Å²) in [6.07, 6.45) is 3.51. The molecule has 0 saturated carbocycles. The number of carbonyl (C=O) groups is 1. The molecule has 2 aliphatic heterocycles. The fourth-order valence-electron chi connectivity index (χ4n) is 3.65. The molecule has 1 atom stereocenters. The van der Waals surface area contributed by atoms with Gasteiger partial charge in [-0.2, -0.15) is 5.10 Å². The lowest BCUT2D eigenvalue weighted by molar-refractivity contribution is -0.146. The lowest BCUT2D eigenvalue weighted by atomic mass is 10.0. The van der Waals surface area contributed by atoms with Crippen LogP contribution < -0.4 is 4.90 Å². The van der Waals surface area contributed by atoms with E-state index in [0.717, 1.165) is 17.8 Å². The summed E-state index contributed by atoms with van der Waals surface area (Å²) in [5.41, 5.74) is 1.20. The monoisotopic (exact) mass is 374 g/mol. The van der Waals surface area contributed by atoms with Gasteiger partial charge in [-0.1, -0.05) is 12.1 Å². The van der Waals surface area contributed by atoms with E-state index >= 15 is 0 Å². The number of hydrogen-bond acceptors (Lipinski definition) is 5. The van der Waals surface area contributed by atoms with E-state index in [1.54, 1.807) is 27.9 Å². The minimum atomic E-state index is -0.597. The molecule has 4 rings (SSSR count). The maximum Gasteiger partial charge on any atom is 0.253 e. The van der Waals surface area contributed by atoms with E-state index in [2.05, 4.69) is 10.00 Å². The normalized spacial score (nSPS) is 24.4. The van der Waals surface area contributed by atoms with Gasteiger partial charge in [0, 0.05) is 32.9 Å². The third-order valence-corrected chi connectivity index (χ3v) is 5.00. The van der Waals surface area contributed by atoms with Crippen LogP contribution in [0.5, 0.6) is 0 Å². The number of hydrogen-bond donors (Lipinski definition) is 0. The Bertz CT molecular complexity index is 810. The van der Waals surface area contributed by atoms with Crippen LogP contribution >= 0.6 is 0 Å². The second-order valence-corrected chi connectivity index (χ2v) is 7.21. The number of morpholine rings is 1. The van der Waals surface area contributed by atoms with Crippen molar-refractivity contribution < 1.29 is 18.7 Å². The van der Waals surface area contributed by atoms with Crippen LogP contribution in [-0.4, -0.2) is 65.6 Å². The van der Waals surface area contributed by atoms with E-state index in [1.165, 1.54) is 12.1 Å². The van der Waals surface area contributed by atoms with Crippen LogP contribution in [0.3, 0.4) is 0 Å². The summed E-state index contributed by atoms with van der Waals surface area (Å²) in [4.78, 5) is 16.4. The number of halogens is 1. The van der Waals surface area contributed by atoms with E-state index in [-0.39, 0.29) is 18.3 Å². The van der Waals surface area contributed by atoms with Gasteiger partial charge in [-0.3, -0.25) is 14.4 Å². The van der Waals surface area contributed by atoms with Crippen LogP contribution in [0.2, 0.25) is 0 Å². The van der Waals surface area contributed by atoms with Crippen LogP contribution in [0.4, 0.5) is 10.1 Å². The minimum absolute atomic E-state index is 0.0165. The number of nitrogens with zero attached hydrogens (tertiary/aromatic N) is 4. The highest BCUT2D eigenvalue weighted by atomic mass is 19.1. The van der Waals surface area contributed by atoms with Crippen molar-refractivity contribution >= 4 is 11.6 Å². The molecule has 1 aromatic carbocycles. The zero-order valence-corrected chi connectivity index (χ0v) is 15.3. The third-order valence-electron chi connectivity index (χ3n) is 5.00. The first kappa shape index (κ1) is 18.1. The predicted octanol–water partition coefficient (Wildman–Crippen LogP) is 1.19. The lowest BCUT2D eigenvalue weighted by Crippen LogP contribution is -2.60. The van der Waals surface area contributed by atoms with E-state index < -0.39 is 5.60 Å². The maximum atomic E-state index is 13.2. The van der Waals surface area contributed by atoms with Gasteiger partial charge in [0.05, 0.1) is 31.6 Å². The Kier molecular flexibility index (Phi) is 4.94. The second kappa shape index (κ2) is 7.38. The smallest absolute Gasteiger partial charge is 0.253 e. The number of rotatable bonds is 3. The zero-order valence-electron chi connectivity index (χ0n) is 15.3. The molecule has 0 unspecified atom stereocenters. The molecule has 7 nitrogen and oxygen atoms in total. The summed E-state index contributed by atoms with van der Waals surface area (Å²) in [6, 6.07) is 6.53. The second-order valence-electron chi connectivity index (χ2n) is 7.21. The molecule has 2 aliphatic rings. The average Bonchev–Trinajstić information content (AvgIpc) is 2.99. The summed E-state index contributed by atoms with van der Waals surface area (Å²) in [7, 11) is 1.82. The molecule has 0 aliphatic carbocycles. The summed E-state index contributed by atoms with van der Waals surface area (Å²) in [5, 5.41) is 4.17. The largest absolute Gasteiger partial charge is 0.377 e. The predicted molar refractivity (Wildman–Crippen MR) is 96.7 cm³/mol. The Balaban J connectivity index is 1.51. The molecule has 1 aromatic heterocycles. The summed E-state index contributed by atoms with van der Waals surface area (Å²) in [6.45, 7) is 3.51. The number of benzene rings is 1. The molecule has 1 spiro atoms. The molecular weight excluding hydrogens is 351 g/mol. The summed E-state index contributed by atoms with van der Waals surface area (Å²) in [5.74, 6) is -0.321. The third kappa shape index (κ3) is 4.02. The van der Waals surface area contributed by atoms with Crippen LogP contribution in [-0.2, 0) is 27.9 Å². The zero-order chi connectivity index (χ0) is 18.9. The van der Waals surface area contributed by atoms with Crippen molar-refractivity contribution in [1.29, 1.82) is 0 Å². The molecule has 27 heavy (non-hydrogen) atoms. The first-order valence-corrected chi connectivity index (χ1v) is 9.01. The molecule has 2 aromatic rings. The summed E-state index contributed by atoms with van der Waals surface area (Å²) >= 11 is 0. The van der Waals surface area contributed by atoms with Crippen molar-refractivity contribution in [3.63, 3.8) is 0 Å². The summed E-state index contributed by atoms with van der Waals surface area (Å²) < 4.78 is 26.6. The van der Waals surface area contributed by atoms with Crippen LogP contribution in [0.25, 0.3) is 0 Å². The highest BCUT2D eigenvalue weighted by Crippen LogP contribution is 2.27. The Morgan fingerprint density at radius 2 is 2.07 bits per heavy atom. The van der Waals surface area contributed by atoms with Gasteiger partial charge in [-0.25, -0.2) is 4.39 Å². The van der Waals surface area contributed by atoms with Crippen molar-refractivity contribution in [2.75, 3.05) is 44.4 Å². The van der Waals surface area contributed by atoms with Crippen LogP contribution in [0.1, 0.15) is 5.56 Å². The first-order chi connectivity index (χ1) is 13.0. The van der Waals surface area contributed by atoms with E-state index in [0.29, 0.717) is 32.8 Å². The van der Waals surface area contributed by atoms with Gasteiger partial charge in [-0.15, -0.1) is 0 Å². The molecule has 2 fully saturated rings. The maximum absolute atomic E-state index is 13.2. The van der Waals surface area contributed by atoms with Crippen molar-refractivity contribution in [2.45, 2.75) is 12.1 Å². The number of carbonyl (C=O) groups excluding carboxylic acids is 1. The molecule has 1 amide bonds. The standard InChI is InChI=1S/C19H23FN4O3/c1-22-10-17(8-21-22)24-13-19(27-11-18(24)25)12-23(6-7-26-14-19)9-15-2-4-16(20)5-3-15/h2-5,8,10H,6-7,9,11-14H2,1H3/t19-/m0/s1. The number of aryl methyl sites for hydroxylation is 1. The number of ether oxygens (including phenoxy) is 2. The first-order valence-electron chi connectivity index (χ1n) is 9.01. The quantitative estimate of drug-likeness (QED) is 0.808. The SMILES string of the molecule is Cn1cc(N2C[C@@]3(COCCN(Cc4ccc(F)cc4)C3)OCC2=O)cn1. The highest BCUT2D eigenvalue weighted by Gasteiger charge is 2.43. The van der Waals surface area contributed by atoms with Crippen LogP contribution in [0, 0.1) is 5.82 Å². The number of anilines is 1. The molecule has 2 saturated heterocycles. The molecule has 0 radical (unpaired) electrons. The van der Waals surface area contributed by atoms with Gasteiger partial charge in [0.15, 0.2) is 0 Å². The van der Waals surface area contributed by atoms with Gasteiger partial charge < -0.3 is 14.4 Å². The van der Waals surface area contributed by atoms with Crippen molar-refractivity contribution in [1.82, 2.24) is 14.7 Å². The molecular formula is C19H23FN4O3. The molecule has 144 valence electrons. The number of amides is 1. The lowest BCUT2D eigenvalue weighted by Gasteiger charge is -2.42. The van der Waals surface area contributed by atoms with Gasteiger partial charge in [0.25, 0.3) is 5.91 Å². The topological polar surface area (TPSA) is 59.8 Å². The van der Waals surface area contributed by atoms with E-state index in [1.807, 2.05) is 13.2 Å². The minimum Gasteiger partial charge on any atom is -0.377 e. The average molecular weight is 374 g/mol. The van der Waals surface area contributed by atoms with Crippen molar-refractivity contribution in [3.05, 3.63) is 48.0 Å². The molecule has 0 bridgehead atoms. The Morgan fingerprint density at radius 3 is 2.81 bits per heavy atom. The molecule has 0 N–H and O–H groups in total. The van der Waals surface area contributed by atoms with Crippen molar-refractivity contribution in [2.24, 2.45) is 7.05 Å². The van der Waals surface area contributed by atoms with Gasteiger partial charge in [-0.05, 0) is 17.7 Å². The molecule has 8 heteroatoms. The van der Waals surface area contributed by atoms with Gasteiger partial charge in [0.1, 0.15) is 18.0 Å². The van der Waals surface area contributed by atoms with Crippen LogP contribution in [0.15, 0.2) is 36.7 Å². The molecule has 3 heterocycles. The van der Waals surface area contributed by atoms with Gasteiger partial charge >= 0.3 is 0 Å². The van der Waals surface area contributed by atoms with Gasteiger partial charge in [0.2, 0.25) is 0 Å². The van der Waals surface area contributed by atoms with E-state index in [9.17, 15) is 9.18 Å². The van der Waals surface area contributed by atoms with E-state index in [4.69, 9.17) is 9.47 Å².